The first-order valence-electron chi connectivity index (χ1n) is 12.1. The maximum atomic E-state index is 11.8. The zero-order chi connectivity index (χ0) is 24.2. The molecule has 0 spiro atoms. The Bertz CT molecular complexity index is 1200. The standard InChI is InChI=1S/C26H31N5O3S/c1-34-18-10-20-19(5-2-6-21(20)29-14-18)23(32)11-22(16-4-3-9-27-12-16)28-13-17-7-8-24-26(30-17)31-25(33)15-35-24/h2,5-8,10,14,16,22-23,27-28,32H,3-4,9,11-13,15H2,1H3,(H,30,31,33). The quantitative estimate of drug-likeness (QED) is 0.379. The average Bonchev–Trinajstić information content (AvgIpc) is 2.90. The van der Waals surface area contributed by atoms with E-state index >= 15 is 0 Å². The Morgan fingerprint density at radius 1 is 1.31 bits per heavy atom. The molecule has 1 amide bonds. The number of carbonyl (C=O) groups is 1. The molecule has 1 fully saturated rings. The Kier molecular flexibility index (Phi) is 7.48. The molecule has 0 aliphatic carbocycles. The number of nitrogens with zero attached hydrogens (tertiary/aromatic N) is 2. The van der Waals surface area contributed by atoms with E-state index in [4.69, 9.17) is 4.74 Å². The lowest BCUT2D eigenvalue weighted by Gasteiger charge is -2.33. The second kappa shape index (κ2) is 10.9. The van der Waals surface area contributed by atoms with Crippen LogP contribution in [0.5, 0.6) is 5.75 Å². The van der Waals surface area contributed by atoms with Gasteiger partial charge in [0.15, 0.2) is 0 Å². The highest BCUT2D eigenvalue weighted by Crippen LogP contribution is 2.32. The summed E-state index contributed by atoms with van der Waals surface area (Å²) in [5, 5.41) is 22.3. The SMILES string of the molecule is COc1cnc2cccc(C(O)CC(NCc3ccc4c(n3)NC(=O)CS4)C3CCCNC3)c2c1. The largest absolute Gasteiger partial charge is 0.495 e. The number of hydrogen-bond donors (Lipinski definition) is 4. The summed E-state index contributed by atoms with van der Waals surface area (Å²) < 4.78 is 5.37. The van der Waals surface area contributed by atoms with E-state index in [2.05, 4.69) is 25.9 Å². The number of piperidine rings is 1. The van der Waals surface area contributed by atoms with Gasteiger partial charge in [-0.05, 0) is 68.1 Å². The first-order chi connectivity index (χ1) is 17.1. The number of anilines is 1. The van der Waals surface area contributed by atoms with E-state index in [1.165, 1.54) is 11.8 Å². The van der Waals surface area contributed by atoms with Gasteiger partial charge in [0.05, 0.1) is 41.3 Å². The number of rotatable bonds is 8. The summed E-state index contributed by atoms with van der Waals surface area (Å²) in [5.74, 6) is 2.12. The van der Waals surface area contributed by atoms with Crippen LogP contribution < -0.4 is 20.7 Å². The molecule has 1 aromatic carbocycles. The molecule has 8 nitrogen and oxygen atoms in total. The van der Waals surface area contributed by atoms with Crippen molar-refractivity contribution < 1.29 is 14.6 Å². The fourth-order valence-corrected chi connectivity index (χ4v) is 5.68. The second-order valence-corrected chi connectivity index (χ2v) is 10.1. The number of thioether (sulfide) groups is 1. The third-order valence-corrected chi connectivity index (χ3v) is 7.84. The molecular formula is C26H31N5O3S. The summed E-state index contributed by atoms with van der Waals surface area (Å²) in [7, 11) is 1.62. The number of ether oxygens (including phenoxy) is 1. The summed E-state index contributed by atoms with van der Waals surface area (Å²) in [6.07, 6.45) is 3.84. The number of aliphatic hydroxyl groups excluding tert-OH is 1. The summed E-state index contributed by atoms with van der Waals surface area (Å²) in [5.41, 5.74) is 2.56. The van der Waals surface area contributed by atoms with Crippen molar-refractivity contribution in [3.63, 3.8) is 0 Å². The molecular weight excluding hydrogens is 462 g/mol. The number of methoxy groups -OCH3 is 1. The minimum atomic E-state index is -0.654. The van der Waals surface area contributed by atoms with Gasteiger partial charge in [-0.25, -0.2) is 4.98 Å². The predicted molar refractivity (Wildman–Crippen MR) is 138 cm³/mol. The van der Waals surface area contributed by atoms with E-state index in [9.17, 15) is 9.90 Å². The number of nitrogens with one attached hydrogen (secondary N) is 3. The highest BCUT2D eigenvalue weighted by atomic mass is 32.2. The summed E-state index contributed by atoms with van der Waals surface area (Å²) in [4.78, 5) is 21.9. The number of benzene rings is 1. The minimum Gasteiger partial charge on any atom is -0.495 e. The molecule has 0 radical (unpaired) electrons. The number of pyridine rings is 2. The minimum absolute atomic E-state index is 0.0180. The van der Waals surface area contributed by atoms with Crippen LogP contribution in [0.1, 0.15) is 36.6 Å². The van der Waals surface area contributed by atoms with Gasteiger partial charge in [-0.1, -0.05) is 12.1 Å². The molecule has 0 bridgehead atoms. The highest BCUT2D eigenvalue weighted by molar-refractivity contribution is 8.00. The Hall–Kier alpha value is -2.72. The van der Waals surface area contributed by atoms with Crippen molar-refractivity contribution in [1.82, 2.24) is 20.6 Å². The van der Waals surface area contributed by atoms with Gasteiger partial charge in [-0.2, -0.15) is 0 Å². The third-order valence-electron chi connectivity index (χ3n) is 6.79. The van der Waals surface area contributed by atoms with Crippen molar-refractivity contribution in [3.05, 3.63) is 53.9 Å². The van der Waals surface area contributed by atoms with Gasteiger partial charge in [0.2, 0.25) is 5.91 Å². The summed E-state index contributed by atoms with van der Waals surface area (Å²) in [6, 6.07) is 11.9. The van der Waals surface area contributed by atoms with Crippen LogP contribution in [0.25, 0.3) is 10.9 Å². The van der Waals surface area contributed by atoms with Crippen LogP contribution >= 0.6 is 11.8 Å². The van der Waals surface area contributed by atoms with Gasteiger partial charge in [0, 0.05) is 18.0 Å². The molecule has 3 atom stereocenters. The van der Waals surface area contributed by atoms with E-state index in [0.717, 1.165) is 53.0 Å². The predicted octanol–water partition coefficient (Wildman–Crippen LogP) is 3.26. The van der Waals surface area contributed by atoms with Crippen LogP contribution in [-0.2, 0) is 11.3 Å². The van der Waals surface area contributed by atoms with Crippen molar-refractivity contribution in [1.29, 1.82) is 0 Å². The van der Waals surface area contributed by atoms with Gasteiger partial charge >= 0.3 is 0 Å². The van der Waals surface area contributed by atoms with Gasteiger partial charge in [-0.3, -0.25) is 9.78 Å². The molecule has 2 aliphatic rings. The van der Waals surface area contributed by atoms with E-state index in [1.807, 2.05) is 36.4 Å². The van der Waals surface area contributed by atoms with Crippen LogP contribution in [-0.4, -0.2) is 53.0 Å². The molecule has 0 saturated carbocycles. The molecule has 184 valence electrons. The molecule has 1 saturated heterocycles. The number of aromatic nitrogens is 2. The Morgan fingerprint density at radius 3 is 3.06 bits per heavy atom. The number of amides is 1. The molecule has 4 heterocycles. The summed E-state index contributed by atoms with van der Waals surface area (Å²) in [6.45, 7) is 2.51. The topological polar surface area (TPSA) is 108 Å². The first kappa shape index (κ1) is 24.0. The molecule has 35 heavy (non-hydrogen) atoms. The lowest BCUT2D eigenvalue weighted by Crippen LogP contribution is -2.44. The van der Waals surface area contributed by atoms with E-state index in [0.29, 0.717) is 36.2 Å². The zero-order valence-electron chi connectivity index (χ0n) is 19.8. The van der Waals surface area contributed by atoms with Gasteiger partial charge in [-0.15, -0.1) is 11.8 Å². The number of aliphatic hydroxyl groups is 1. The number of carbonyl (C=O) groups excluding carboxylic acids is 1. The third kappa shape index (κ3) is 5.59. The van der Waals surface area contributed by atoms with E-state index in [1.54, 1.807) is 13.3 Å². The van der Waals surface area contributed by atoms with Crippen LogP contribution in [0.3, 0.4) is 0 Å². The Balaban J connectivity index is 1.35. The molecule has 5 rings (SSSR count). The van der Waals surface area contributed by atoms with Crippen molar-refractivity contribution in [2.24, 2.45) is 5.92 Å². The maximum absolute atomic E-state index is 11.8. The van der Waals surface area contributed by atoms with Gasteiger partial charge in [0.1, 0.15) is 11.6 Å². The number of fused-ring (bicyclic) bond motifs is 2. The van der Waals surface area contributed by atoms with Crippen molar-refractivity contribution in [2.75, 3.05) is 31.3 Å². The van der Waals surface area contributed by atoms with Crippen LogP contribution in [0.15, 0.2) is 47.5 Å². The van der Waals surface area contributed by atoms with E-state index < -0.39 is 6.10 Å². The second-order valence-electron chi connectivity index (χ2n) is 9.12. The molecule has 9 heteroatoms. The van der Waals surface area contributed by atoms with Gasteiger partial charge in [0.25, 0.3) is 0 Å². The van der Waals surface area contributed by atoms with E-state index in [-0.39, 0.29) is 11.9 Å². The van der Waals surface area contributed by atoms with Gasteiger partial charge < -0.3 is 25.8 Å². The molecule has 2 aromatic heterocycles. The van der Waals surface area contributed by atoms with Crippen LogP contribution in [0, 0.1) is 5.92 Å². The highest BCUT2D eigenvalue weighted by Gasteiger charge is 2.27. The smallest absolute Gasteiger partial charge is 0.235 e. The lowest BCUT2D eigenvalue weighted by molar-refractivity contribution is -0.113. The normalized spacial score (nSPS) is 19.6. The fourth-order valence-electron chi connectivity index (χ4n) is 4.93. The molecule has 2 aliphatic heterocycles. The molecule has 3 aromatic rings. The van der Waals surface area contributed by atoms with Crippen LogP contribution in [0.4, 0.5) is 5.82 Å². The monoisotopic (exact) mass is 493 g/mol. The molecule has 4 N–H and O–H groups in total. The Labute approximate surface area is 209 Å². The van der Waals surface area contributed by atoms with Crippen molar-refractivity contribution >= 4 is 34.4 Å². The van der Waals surface area contributed by atoms with Crippen molar-refractivity contribution in [2.45, 2.75) is 42.8 Å². The zero-order valence-corrected chi connectivity index (χ0v) is 20.6. The molecule has 3 unspecified atom stereocenters. The van der Waals surface area contributed by atoms with Crippen LogP contribution in [0.2, 0.25) is 0 Å². The fraction of sp³-hybridized carbons (Fsp3) is 0.423. The van der Waals surface area contributed by atoms with Crippen molar-refractivity contribution in [3.8, 4) is 5.75 Å². The average molecular weight is 494 g/mol. The first-order valence-corrected chi connectivity index (χ1v) is 13.1. The Morgan fingerprint density at radius 2 is 2.23 bits per heavy atom. The maximum Gasteiger partial charge on any atom is 0.235 e. The number of hydrogen-bond acceptors (Lipinski definition) is 8. The lowest BCUT2D eigenvalue weighted by atomic mass is 9.86. The summed E-state index contributed by atoms with van der Waals surface area (Å²) >= 11 is 1.51.